The molecule has 1 unspecified atom stereocenters. The quantitative estimate of drug-likeness (QED) is 0.756. The van der Waals surface area contributed by atoms with Crippen LogP contribution in [0.3, 0.4) is 0 Å². The Kier molecular flexibility index (Phi) is 2.25. The van der Waals surface area contributed by atoms with Gasteiger partial charge >= 0.3 is 0 Å². The Morgan fingerprint density at radius 2 is 2.25 bits per heavy atom. The molecule has 0 bridgehead atoms. The van der Waals surface area contributed by atoms with Gasteiger partial charge in [0.05, 0.1) is 12.2 Å². The van der Waals surface area contributed by atoms with E-state index in [0.717, 1.165) is 24.4 Å². The maximum absolute atomic E-state index is 9.47. The molecule has 1 aliphatic heterocycles. The molecule has 3 heterocycles. The van der Waals surface area contributed by atoms with Crippen molar-refractivity contribution in [1.29, 1.82) is 0 Å². The van der Waals surface area contributed by atoms with E-state index in [1.54, 1.807) is 18.3 Å². The summed E-state index contributed by atoms with van der Waals surface area (Å²) in [5, 5.41) is 21.2. The molecule has 0 spiro atoms. The number of pyridine rings is 1. The molecule has 84 valence electrons. The van der Waals surface area contributed by atoms with Crippen molar-refractivity contribution in [2.75, 3.05) is 6.54 Å². The second-order valence-electron chi connectivity index (χ2n) is 4.18. The van der Waals surface area contributed by atoms with Gasteiger partial charge in [-0.25, -0.2) is 0 Å². The standard InChI is InChI=1S/C11H14N4O/c16-8-4-5-10-13-14-11(15(10)7-8)9-3-1-2-6-12-9/h4-5,7,9,12,16H,1-3,6H2. The first kappa shape index (κ1) is 9.59. The van der Waals surface area contributed by atoms with Crippen LogP contribution >= 0.6 is 0 Å². The molecule has 1 fully saturated rings. The molecule has 16 heavy (non-hydrogen) atoms. The predicted molar refractivity (Wildman–Crippen MR) is 59.2 cm³/mol. The lowest BCUT2D eigenvalue weighted by Gasteiger charge is -2.21. The van der Waals surface area contributed by atoms with Crippen molar-refractivity contribution in [2.24, 2.45) is 0 Å². The van der Waals surface area contributed by atoms with Crippen molar-refractivity contribution in [3.05, 3.63) is 24.2 Å². The van der Waals surface area contributed by atoms with Gasteiger partial charge in [0.2, 0.25) is 0 Å². The zero-order chi connectivity index (χ0) is 11.0. The number of nitrogens with one attached hydrogen (secondary N) is 1. The number of hydrogen-bond donors (Lipinski definition) is 2. The monoisotopic (exact) mass is 218 g/mol. The number of piperidine rings is 1. The molecule has 5 nitrogen and oxygen atoms in total. The van der Waals surface area contributed by atoms with Gasteiger partial charge in [0.1, 0.15) is 5.75 Å². The average molecular weight is 218 g/mol. The average Bonchev–Trinajstić information content (AvgIpc) is 2.73. The van der Waals surface area contributed by atoms with Crippen LogP contribution in [0.2, 0.25) is 0 Å². The molecule has 0 saturated carbocycles. The largest absolute Gasteiger partial charge is 0.506 e. The third kappa shape index (κ3) is 1.53. The van der Waals surface area contributed by atoms with Crippen LogP contribution in [0.15, 0.2) is 18.3 Å². The van der Waals surface area contributed by atoms with Gasteiger partial charge in [-0.05, 0) is 31.5 Å². The molecule has 2 aromatic rings. The fourth-order valence-electron chi connectivity index (χ4n) is 2.21. The molecule has 3 rings (SSSR count). The lowest BCUT2D eigenvalue weighted by molar-refractivity contribution is 0.394. The lowest BCUT2D eigenvalue weighted by Crippen LogP contribution is -2.28. The van der Waals surface area contributed by atoms with Crippen molar-refractivity contribution < 1.29 is 5.11 Å². The Labute approximate surface area is 93.1 Å². The SMILES string of the molecule is Oc1ccc2nnc(C3CCCCN3)n2c1. The van der Waals surface area contributed by atoms with Crippen molar-refractivity contribution in [3.63, 3.8) is 0 Å². The Bertz CT molecular complexity index is 502. The van der Waals surface area contributed by atoms with E-state index in [1.165, 1.54) is 12.8 Å². The molecule has 0 radical (unpaired) electrons. The Morgan fingerprint density at radius 3 is 3.06 bits per heavy atom. The molecule has 1 atom stereocenters. The van der Waals surface area contributed by atoms with Crippen LogP contribution < -0.4 is 5.32 Å². The van der Waals surface area contributed by atoms with Crippen molar-refractivity contribution in [2.45, 2.75) is 25.3 Å². The van der Waals surface area contributed by atoms with Gasteiger partial charge in [0, 0.05) is 0 Å². The molecule has 0 aromatic carbocycles. The second-order valence-corrected chi connectivity index (χ2v) is 4.18. The number of nitrogens with zero attached hydrogens (tertiary/aromatic N) is 3. The summed E-state index contributed by atoms with van der Waals surface area (Å²) in [6.45, 7) is 1.03. The summed E-state index contributed by atoms with van der Waals surface area (Å²) < 4.78 is 1.86. The third-order valence-corrected chi connectivity index (χ3v) is 3.04. The number of hydrogen-bond acceptors (Lipinski definition) is 4. The number of aromatic hydroxyl groups is 1. The maximum Gasteiger partial charge on any atom is 0.161 e. The minimum atomic E-state index is 0.240. The maximum atomic E-state index is 9.47. The normalized spacial score (nSPS) is 21.4. The summed E-state index contributed by atoms with van der Waals surface area (Å²) in [5.41, 5.74) is 0.778. The van der Waals surface area contributed by atoms with Gasteiger partial charge in [-0.2, -0.15) is 0 Å². The molecule has 1 saturated heterocycles. The molecule has 2 N–H and O–H groups in total. The Balaban J connectivity index is 2.05. The highest BCUT2D eigenvalue weighted by molar-refractivity contribution is 5.41. The van der Waals surface area contributed by atoms with Crippen LogP contribution in [-0.2, 0) is 0 Å². The Morgan fingerprint density at radius 1 is 1.31 bits per heavy atom. The van der Waals surface area contributed by atoms with Crippen LogP contribution in [-0.4, -0.2) is 26.2 Å². The zero-order valence-electron chi connectivity index (χ0n) is 8.93. The van der Waals surface area contributed by atoms with Gasteiger partial charge in [0.15, 0.2) is 11.5 Å². The molecule has 1 aliphatic rings. The molecule has 2 aromatic heterocycles. The number of aromatic nitrogens is 3. The molecular formula is C11H14N4O. The van der Waals surface area contributed by atoms with E-state index >= 15 is 0 Å². The van der Waals surface area contributed by atoms with Crippen molar-refractivity contribution >= 4 is 5.65 Å². The summed E-state index contributed by atoms with van der Waals surface area (Å²) in [7, 11) is 0. The molecular weight excluding hydrogens is 204 g/mol. The van der Waals surface area contributed by atoms with Crippen LogP contribution in [0.25, 0.3) is 5.65 Å². The van der Waals surface area contributed by atoms with E-state index in [1.807, 2.05) is 4.40 Å². The van der Waals surface area contributed by atoms with Gasteiger partial charge in [-0.15, -0.1) is 10.2 Å². The highest BCUT2D eigenvalue weighted by atomic mass is 16.3. The van der Waals surface area contributed by atoms with Gasteiger partial charge in [-0.1, -0.05) is 6.42 Å². The van der Waals surface area contributed by atoms with Gasteiger partial charge in [-0.3, -0.25) is 4.40 Å². The minimum Gasteiger partial charge on any atom is -0.506 e. The number of fused-ring (bicyclic) bond motifs is 1. The lowest BCUT2D eigenvalue weighted by atomic mass is 10.0. The topological polar surface area (TPSA) is 62.5 Å². The summed E-state index contributed by atoms with van der Waals surface area (Å²) >= 11 is 0. The highest BCUT2D eigenvalue weighted by Gasteiger charge is 2.20. The second kappa shape index (κ2) is 3.75. The van der Waals surface area contributed by atoms with Crippen molar-refractivity contribution in [3.8, 4) is 5.75 Å². The van der Waals surface area contributed by atoms with E-state index < -0.39 is 0 Å². The third-order valence-electron chi connectivity index (χ3n) is 3.04. The van der Waals surface area contributed by atoms with Gasteiger partial charge in [0.25, 0.3) is 0 Å². The van der Waals surface area contributed by atoms with Crippen molar-refractivity contribution in [1.82, 2.24) is 19.9 Å². The summed E-state index contributed by atoms with van der Waals surface area (Å²) in [5.74, 6) is 1.13. The van der Waals surface area contributed by atoms with E-state index in [4.69, 9.17) is 0 Å². The first-order valence-corrected chi connectivity index (χ1v) is 5.61. The zero-order valence-corrected chi connectivity index (χ0v) is 8.93. The molecule has 0 aliphatic carbocycles. The molecule has 0 amide bonds. The van der Waals surface area contributed by atoms with Crippen LogP contribution in [0.1, 0.15) is 31.1 Å². The molecule has 5 heteroatoms. The highest BCUT2D eigenvalue weighted by Crippen LogP contribution is 2.22. The minimum absolute atomic E-state index is 0.240. The smallest absolute Gasteiger partial charge is 0.161 e. The summed E-state index contributed by atoms with van der Waals surface area (Å²) in [6.07, 6.45) is 5.18. The van der Waals surface area contributed by atoms with E-state index in [9.17, 15) is 5.11 Å². The van der Waals surface area contributed by atoms with E-state index in [0.29, 0.717) is 0 Å². The predicted octanol–water partition coefficient (Wildman–Crippen LogP) is 1.25. The summed E-state index contributed by atoms with van der Waals surface area (Å²) in [4.78, 5) is 0. The number of rotatable bonds is 1. The fourth-order valence-corrected chi connectivity index (χ4v) is 2.21. The van der Waals surface area contributed by atoms with Crippen LogP contribution in [0.5, 0.6) is 5.75 Å². The van der Waals surface area contributed by atoms with Crippen LogP contribution in [0.4, 0.5) is 0 Å². The Hall–Kier alpha value is -1.62. The van der Waals surface area contributed by atoms with Gasteiger partial charge < -0.3 is 10.4 Å². The summed E-state index contributed by atoms with van der Waals surface area (Å²) in [6, 6.07) is 3.65. The first-order chi connectivity index (χ1) is 7.84. The fraction of sp³-hybridized carbons (Fsp3) is 0.455. The van der Waals surface area contributed by atoms with E-state index in [2.05, 4.69) is 15.5 Å². The van der Waals surface area contributed by atoms with Crippen LogP contribution in [0, 0.1) is 0 Å². The van der Waals surface area contributed by atoms with E-state index in [-0.39, 0.29) is 11.8 Å². The first-order valence-electron chi connectivity index (χ1n) is 5.61.